The fourth-order valence-electron chi connectivity index (χ4n) is 1.05. The van der Waals surface area contributed by atoms with Gasteiger partial charge in [0.05, 0.1) is 0 Å². The second-order valence-corrected chi connectivity index (χ2v) is 2.60. The Kier molecular flexibility index (Phi) is 2.97. The van der Waals surface area contributed by atoms with Crippen LogP contribution in [-0.2, 0) is 6.42 Å². The summed E-state index contributed by atoms with van der Waals surface area (Å²) in [4.78, 5) is 3.78. The van der Waals surface area contributed by atoms with Gasteiger partial charge in [-0.25, -0.2) is 4.39 Å². The topological polar surface area (TPSA) is 12.4 Å². The Hall–Kier alpha value is -1.18. The number of aliphatic imine (C=N–C) groups is 1. The molecule has 0 fully saturated rings. The van der Waals surface area contributed by atoms with E-state index in [9.17, 15) is 4.39 Å². The number of aryl methyl sites for hydroxylation is 1. The summed E-state index contributed by atoms with van der Waals surface area (Å²) in [6, 6.07) is 5.10. The molecular weight excluding hydrogens is 153 g/mol. The Morgan fingerprint density at radius 2 is 2.25 bits per heavy atom. The molecule has 0 saturated carbocycles. The summed E-state index contributed by atoms with van der Waals surface area (Å²) in [6.45, 7) is 2.04. The number of halogens is 1. The number of hydrogen-bond donors (Lipinski definition) is 0. The van der Waals surface area contributed by atoms with Crippen molar-refractivity contribution in [1.82, 2.24) is 0 Å². The number of rotatable bonds is 2. The fourth-order valence-corrected chi connectivity index (χ4v) is 1.05. The Bertz CT molecular complexity index is 292. The third kappa shape index (κ3) is 1.91. The molecule has 1 aromatic carbocycles. The molecule has 64 valence electrons. The van der Waals surface area contributed by atoms with Gasteiger partial charge in [-0.05, 0) is 24.1 Å². The first-order chi connectivity index (χ1) is 5.77. The van der Waals surface area contributed by atoms with E-state index in [1.54, 1.807) is 13.1 Å². The van der Waals surface area contributed by atoms with Crippen molar-refractivity contribution >= 4 is 6.21 Å². The first-order valence-corrected chi connectivity index (χ1v) is 3.98. The monoisotopic (exact) mass is 165 g/mol. The molecule has 1 aromatic rings. The summed E-state index contributed by atoms with van der Waals surface area (Å²) in [6.07, 6.45) is 2.46. The lowest BCUT2D eigenvalue weighted by atomic mass is 10.1. The molecule has 1 nitrogen and oxygen atoms in total. The second kappa shape index (κ2) is 4.00. The molecule has 0 aliphatic carbocycles. The van der Waals surface area contributed by atoms with E-state index in [4.69, 9.17) is 0 Å². The summed E-state index contributed by atoms with van der Waals surface area (Å²) >= 11 is 0. The lowest BCUT2D eigenvalue weighted by Crippen LogP contribution is -1.90. The van der Waals surface area contributed by atoms with Crippen LogP contribution in [0, 0.1) is 5.82 Å². The molecule has 0 aromatic heterocycles. The Labute approximate surface area is 72.0 Å². The summed E-state index contributed by atoms with van der Waals surface area (Å²) in [5.74, 6) is -0.210. The van der Waals surface area contributed by atoms with Gasteiger partial charge in [-0.3, -0.25) is 4.99 Å². The SMILES string of the molecule is CCc1ccc(F)c(C=NC)c1. The van der Waals surface area contributed by atoms with Crippen molar-refractivity contribution in [1.29, 1.82) is 0 Å². The molecule has 0 heterocycles. The largest absolute Gasteiger partial charge is 0.296 e. The molecule has 0 spiro atoms. The van der Waals surface area contributed by atoms with Gasteiger partial charge in [0.25, 0.3) is 0 Å². The van der Waals surface area contributed by atoms with E-state index in [1.807, 2.05) is 13.0 Å². The quantitative estimate of drug-likeness (QED) is 0.597. The van der Waals surface area contributed by atoms with E-state index in [-0.39, 0.29) is 5.82 Å². The van der Waals surface area contributed by atoms with E-state index in [1.165, 1.54) is 12.3 Å². The van der Waals surface area contributed by atoms with E-state index >= 15 is 0 Å². The van der Waals surface area contributed by atoms with Crippen molar-refractivity contribution in [3.05, 3.63) is 35.1 Å². The first kappa shape index (κ1) is 8.91. The predicted octanol–water partition coefficient (Wildman–Crippen LogP) is 2.44. The number of nitrogens with zero attached hydrogens (tertiary/aromatic N) is 1. The Morgan fingerprint density at radius 3 is 2.83 bits per heavy atom. The van der Waals surface area contributed by atoms with E-state index in [2.05, 4.69) is 4.99 Å². The molecule has 0 amide bonds. The molecule has 0 unspecified atom stereocenters. The Morgan fingerprint density at radius 1 is 1.50 bits per heavy atom. The molecular formula is C10H12FN. The smallest absolute Gasteiger partial charge is 0.131 e. The minimum absolute atomic E-state index is 0.210. The van der Waals surface area contributed by atoms with Crippen LogP contribution in [0.5, 0.6) is 0 Å². The van der Waals surface area contributed by atoms with Crippen LogP contribution in [0.1, 0.15) is 18.1 Å². The van der Waals surface area contributed by atoms with Gasteiger partial charge in [-0.1, -0.05) is 13.0 Å². The normalized spacial score (nSPS) is 10.9. The maximum Gasteiger partial charge on any atom is 0.131 e. The van der Waals surface area contributed by atoms with Crippen LogP contribution in [0.4, 0.5) is 4.39 Å². The molecule has 0 saturated heterocycles. The minimum atomic E-state index is -0.210. The fraction of sp³-hybridized carbons (Fsp3) is 0.300. The van der Waals surface area contributed by atoms with Crippen molar-refractivity contribution < 1.29 is 4.39 Å². The second-order valence-electron chi connectivity index (χ2n) is 2.60. The predicted molar refractivity (Wildman–Crippen MR) is 49.3 cm³/mol. The van der Waals surface area contributed by atoms with Crippen LogP contribution in [0.2, 0.25) is 0 Å². The van der Waals surface area contributed by atoms with Crippen molar-refractivity contribution in [3.8, 4) is 0 Å². The molecule has 0 aliphatic rings. The maximum absolute atomic E-state index is 13.0. The van der Waals surface area contributed by atoms with Gasteiger partial charge in [0, 0.05) is 18.8 Å². The van der Waals surface area contributed by atoms with E-state index < -0.39 is 0 Å². The van der Waals surface area contributed by atoms with Crippen LogP contribution in [0.3, 0.4) is 0 Å². The van der Waals surface area contributed by atoms with Crippen molar-refractivity contribution in [2.75, 3.05) is 7.05 Å². The molecule has 0 radical (unpaired) electrons. The average Bonchev–Trinajstić information content (AvgIpc) is 2.09. The van der Waals surface area contributed by atoms with E-state index in [0.29, 0.717) is 5.56 Å². The highest BCUT2D eigenvalue weighted by Crippen LogP contribution is 2.08. The van der Waals surface area contributed by atoms with Gasteiger partial charge in [0.2, 0.25) is 0 Å². The lowest BCUT2D eigenvalue weighted by molar-refractivity contribution is 0.625. The van der Waals surface area contributed by atoms with Gasteiger partial charge < -0.3 is 0 Å². The van der Waals surface area contributed by atoms with Crippen molar-refractivity contribution in [3.63, 3.8) is 0 Å². The van der Waals surface area contributed by atoms with Crippen LogP contribution >= 0.6 is 0 Å². The summed E-state index contributed by atoms with van der Waals surface area (Å²) in [5.41, 5.74) is 1.70. The first-order valence-electron chi connectivity index (χ1n) is 3.98. The van der Waals surface area contributed by atoms with Crippen LogP contribution in [0.25, 0.3) is 0 Å². The van der Waals surface area contributed by atoms with Crippen LogP contribution < -0.4 is 0 Å². The highest BCUT2D eigenvalue weighted by molar-refractivity contribution is 5.80. The summed E-state index contributed by atoms with van der Waals surface area (Å²) in [7, 11) is 1.64. The molecule has 1 rings (SSSR count). The molecule has 12 heavy (non-hydrogen) atoms. The molecule has 2 heteroatoms. The van der Waals surface area contributed by atoms with Gasteiger partial charge in [-0.2, -0.15) is 0 Å². The van der Waals surface area contributed by atoms with Gasteiger partial charge in [-0.15, -0.1) is 0 Å². The van der Waals surface area contributed by atoms with Crippen LogP contribution in [0.15, 0.2) is 23.2 Å². The number of hydrogen-bond acceptors (Lipinski definition) is 1. The van der Waals surface area contributed by atoms with Crippen molar-refractivity contribution in [2.45, 2.75) is 13.3 Å². The minimum Gasteiger partial charge on any atom is -0.296 e. The zero-order valence-electron chi connectivity index (χ0n) is 7.34. The summed E-state index contributed by atoms with van der Waals surface area (Å²) in [5, 5.41) is 0. The highest BCUT2D eigenvalue weighted by Gasteiger charge is 1.98. The third-order valence-electron chi connectivity index (χ3n) is 1.74. The van der Waals surface area contributed by atoms with Gasteiger partial charge >= 0.3 is 0 Å². The van der Waals surface area contributed by atoms with Crippen LogP contribution in [-0.4, -0.2) is 13.3 Å². The molecule has 0 N–H and O–H groups in total. The lowest BCUT2D eigenvalue weighted by Gasteiger charge is -1.99. The molecule has 0 bridgehead atoms. The van der Waals surface area contributed by atoms with Crippen molar-refractivity contribution in [2.24, 2.45) is 4.99 Å². The zero-order valence-corrected chi connectivity index (χ0v) is 7.34. The molecule has 0 atom stereocenters. The third-order valence-corrected chi connectivity index (χ3v) is 1.74. The maximum atomic E-state index is 13.0. The summed E-state index contributed by atoms with van der Waals surface area (Å²) < 4.78 is 13.0. The van der Waals surface area contributed by atoms with Gasteiger partial charge in [0.15, 0.2) is 0 Å². The zero-order chi connectivity index (χ0) is 8.97. The average molecular weight is 165 g/mol. The van der Waals surface area contributed by atoms with E-state index in [0.717, 1.165) is 12.0 Å². The number of benzene rings is 1. The highest BCUT2D eigenvalue weighted by atomic mass is 19.1. The molecule has 0 aliphatic heterocycles. The Balaban J connectivity index is 3.08. The standard InChI is InChI=1S/C10H12FN/c1-3-8-4-5-10(11)9(6-8)7-12-2/h4-7H,3H2,1-2H3. The van der Waals surface area contributed by atoms with Gasteiger partial charge in [0.1, 0.15) is 5.82 Å².